The molecule has 1 saturated heterocycles. The van der Waals surface area contributed by atoms with E-state index >= 15 is 0 Å². The monoisotopic (exact) mass is 450 g/mol. The van der Waals surface area contributed by atoms with Gasteiger partial charge in [0.1, 0.15) is 12.1 Å². The van der Waals surface area contributed by atoms with Crippen molar-refractivity contribution in [1.29, 1.82) is 0 Å². The molecule has 5 rings (SSSR count). The third-order valence-electron chi connectivity index (χ3n) is 6.56. The van der Waals surface area contributed by atoms with Crippen molar-refractivity contribution in [2.45, 2.75) is 25.7 Å². The van der Waals surface area contributed by atoms with Crippen molar-refractivity contribution < 1.29 is 14.2 Å². The minimum atomic E-state index is 0.660. The Morgan fingerprint density at radius 1 is 0.848 bits per heavy atom. The minimum absolute atomic E-state index is 0.660. The number of fused-ring (bicyclic) bond motifs is 1. The number of nitrogens with zero attached hydrogens (tertiary/aromatic N) is 6. The van der Waals surface area contributed by atoms with Crippen molar-refractivity contribution in [2.75, 3.05) is 56.8 Å². The average molecular weight is 451 g/mol. The van der Waals surface area contributed by atoms with E-state index in [1.165, 1.54) is 25.7 Å². The highest BCUT2D eigenvalue weighted by atomic mass is 16.5. The minimum Gasteiger partial charge on any atom is -0.493 e. The highest BCUT2D eigenvalue weighted by Gasteiger charge is 2.23. The second-order valence-corrected chi connectivity index (χ2v) is 8.58. The summed E-state index contributed by atoms with van der Waals surface area (Å²) >= 11 is 0. The summed E-state index contributed by atoms with van der Waals surface area (Å²) in [6, 6.07) is 3.84. The van der Waals surface area contributed by atoms with Gasteiger partial charge >= 0.3 is 0 Å². The Morgan fingerprint density at radius 2 is 1.52 bits per heavy atom. The van der Waals surface area contributed by atoms with Gasteiger partial charge in [0.25, 0.3) is 0 Å². The fourth-order valence-corrected chi connectivity index (χ4v) is 4.68. The van der Waals surface area contributed by atoms with Crippen LogP contribution in [0, 0.1) is 5.92 Å². The number of aromatic nitrogens is 4. The van der Waals surface area contributed by atoms with E-state index in [-0.39, 0.29) is 0 Å². The Labute approximate surface area is 193 Å². The molecule has 1 aliphatic heterocycles. The number of hydrogen-bond donors (Lipinski definition) is 0. The summed E-state index contributed by atoms with van der Waals surface area (Å²) < 4.78 is 16.8. The average Bonchev–Trinajstić information content (AvgIpc) is 3.40. The van der Waals surface area contributed by atoms with Crippen LogP contribution >= 0.6 is 0 Å². The first-order chi connectivity index (χ1) is 16.2. The Kier molecular flexibility index (Phi) is 6.28. The zero-order chi connectivity index (χ0) is 22.6. The van der Waals surface area contributed by atoms with Crippen LogP contribution in [0.25, 0.3) is 10.9 Å². The molecule has 1 saturated carbocycles. The quantitative estimate of drug-likeness (QED) is 0.538. The predicted octanol–water partition coefficient (Wildman–Crippen LogP) is 3.33. The molecule has 3 heterocycles. The predicted molar refractivity (Wildman–Crippen MR) is 127 cm³/mol. The van der Waals surface area contributed by atoms with Crippen LogP contribution in [-0.2, 0) is 0 Å². The molecule has 0 amide bonds. The van der Waals surface area contributed by atoms with Crippen molar-refractivity contribution in [3.05, 3.63) is 30.9 Å². The van der Waals surface area contributed by atoms with Crippen molar-refractivity contribution in [1.82, 2.24) is 19.9 Å². The second-order valence-electron chi connectivity index (χ2n) is 8.58. The molecule has 33 heavy (non-hydrogen) atoms. The Balaban J connectivity index is 1.24. The molecule has 2 aliphatic rings. The van der Waals surface area contributed by atoms with E-state index in [1.807, 2.05) is 12.1 Å². The molecule has 174 valence electrons. The molecule has 9 heteroatoms. The Hall–Kier alpha value is -3.36. The van der Waals surface area contributed by atoms with E-state index in [0.29, 0.717) is 17.4 Å². The molecule has 1 aliphatic carbocycles. The van der Waals surface area contributed by atoms with Crippen LogP contribution in [0.2, 0.25) is 0 Å². The first-order valence-corrected chi connectivity index (χ1v) is 11.6. The summed E-state index contributed by atoms with van der Waals surface area (Å²) in [5, 5.41) is 0.948. The standard InChI is InChI=1S/C24H30N6O3/c1-31-21-11-19-20(12-22(21)32-2)27-16-28-23(19)29-7-9-30(10-8-29)24-25-13-18(14-26-24)33-15-17-5-3-4-6-17/h11-14,16-17H,3-10,15H2,1-2H3. The zero-order valence-electron chi connectivity index (χ0n) is 19.2. The highest BCUT2D eigenvalue weighted by Crippen LogP contribution is 2.35. The van der Waals surface area contributed by atoms with Crippen LogP contribution < -0.4 is 24.0 Å². The summed E-state index contributed by atoms with van der Waals surface area (Å²) in [5.41, 5.74) is 0.830. The Morgan fingerprint density at radius 3 is 2.21 bits per heavy atom. The number of anilines is 2. The lowest BCUT2D eigenvalue weighted by Crippen LogP contribution is -2.47. The van der Waals surface area contributed by atoms with Crippen molar-refractivity contribution in [3.63, 3.8) is 0 Å². The normalized spacial score (nSPS) is 16.9. The van der Waals surface area contributed by atoms with Gasteiger partial charge in [-0.2, -0.15) is 0 Å². The van der Waals surface area contributed by atoms with E-state index in [4.69, 9.17) is 14.2 Å². The van der Waals surface area contributed by atoms with Gasteiger partial charge in [-0.1, -0.05) is 12.8 Å². The summed E-state index contributed by atoms with van der Waals surface area (Å²) in [5.74, 6) is 4.40. The van der Waals surface area contributed by atoms with E-state index in [9.17, 15) is 0 Å². The van der Waals surface area contributed by atoms with Gasteiger partial charge in [-0.25, -0.2) is 19.9 Å². The molecule has 0 bridgehead atoms. The summed E-state index contributed by atoms with van der Waals surface area (Å²) in [6.07, 6.45) is 10.4. The number of hydrogen-bond acceptors (Lipinski definition) is 9. The smallest absolute Gasteiger partial charge is 0.225 e. The van der Waals surface area contributed by atoms with Crippen LogP contribution in [0.5, 0.6) is 17.2 Å². The molecule has 3 aromatic rings. The maximum Gasteiger partial charge on any atom is 0.225 e. The van der Waals surface area contributed by atoms with Gasteiger partial charge in [0.2, 0.25) is 5.95 Å². The summed E-state index contributed by atoms with van der Waals surface area (Å²) in [6.45, 7) is 4.00. The zero-order valence-corrected chi connectivity index (χ0v) is 19.2. The van der Waals surface area contributed by atoms with Gasteiger partial charge < -0.3 is 24.0 Å². The lowest BCUT2D eigenvalue weighted by atomic mass is 10.1. The SMILES string of the molecule is COc1cc2ncnc(N3CCN(c4ncc(OCC5CCCC5)cn4)CC3)c2cc1OC. The topological polar surface area (TPSA) is 85.7 Å². The molecule has 0 radical (unpaired) electrons. The fraction of sp³-hybridized carbons (Fsp3) is 0.500. The third kappa shape index (κ3) is 4.58. The molecular weight excluding hydrogens is 420 g/mol. The van der Waals surface area contributed by atoms with Crippen LogP contribution in [0.15, 0.2) is 30.9 Å². The van der Waals surface area contributed by atoms with Gasteiger partial charge in [-0.15, -0.1) is 0 Å². The van der Waals surface area contributed by atoms with Gasteiger partial charge in [0, 0.05) is 37.6 Å². The van der Waals surface area contributed by atoms with Gasteiger partial charge in [-0.05, 0) is 24.8 Å². The van der Waals surface area contributed by atoms with Crippen LogP contribution in [0.3, 0.4) is 0 Å². The lowest BCUT2D eigenvalue weighted by Gasteiger charge is -2.35. The van der Waals surface area contributed by atoms with Gasteiger partial charge in [-0.3, -0.25) is 0 Å². The van der Waals surface area contributed by atoms with Crippen molar-refractivity contribution in [2.24, 2.45) is 5.92 Å². The maximum absolute atomic E-state index is 5.90. The fourth-order valence-electron chi connectivity index (χ4n) is 4.68. The molecular formula is C24H30N6O3. The Bertz CT molecular complexity index is 1080. The molecule has 9 nitrogen and oxygen atoms in total. The van der Waals surface area contributed by atoms with E-state index in [0.717, 1.165) is 61.2 Å². The molecule has 0 spiro atoms. The third-order valence-corrected chi connectivity index (χ3v) is 6.56. The highest BCUT2D eigenvalue weighted by molar-refractivity contribution is 5.92. The largest absolute Gasteiger partial charge is 0.493 e. The van der Waals surface area contributed by atoms with Crippen LogP contribution in [0.4, 0.5) is 11.8 Å². The van der Waals surface area contributed by atoms with E-state index < -0.39 is 0 Å². The first kappa shape index (κ1) is 21.5. The number of ether oxygens (including phenoxy) is 3. The van der Waals surface area contributed by atoms with Gasteiger partial charge in [0.15, 0.2) is 17.2 Å². The molecule has 0 atom stereocenters. The molecule has 2 aromatic heterocycles. The van der Waals surface area contributed by atoms with Crippen molar-refractivity contribution in [3.8, 4) is 17.2 Å². The number of rotatable bonds is 7. The molecule has 1 aromatic carbocycles. The number of piperazine rings is 1. The number of methoxy groups -OCH3 is 2. The lowest BCUT2D eigenvalue weighted by molar-refractivity contribution is 0.250. The summed E-state index contributed by atoms with van der Waals surface area (Å²) in [7, 11) is 3.26. The molecule has 0 unspecified atom stereocenters. The maximum atomic E-state index is 5.90. The summed E-state index contributed by atoms with van der Waals surface area (Å²) in [4.78, 5) is 22.6. The van der Waals surface area contributed by atoms with Crippen LogP contribution in [-0.4, -0.2) is 66.9 Å². The van der Waals surface area contributed by atoms with E-state index in [2.05, 4.69) is 29.7 Å². The van der Waals surface area contributed by atoms with E-state index in [1.54, 1.807) is 32.9 Å². The van der Waals surface area contributed by atoms with Crippen LogP contribution in [0.1, 0.15) is 25.7 Å². The number of benzene rings is 1. The first-order valence-electron chi connectivity index (χ1n) is 11.6. The van der Waals surface area contributed by atoms with Gasteiger partial charge in [0.05, 0.1) is 38.7 Å². The second kappa shape index (κ2) is 9.64. The molecule has 0 N–H and O–H groups in total. The molecule has 2 fully saturated rings. The van der Waals surface area contributed by atoms with Crippen molar-refractivity contribution >= 4 is 22.7 Å².